The van der Waals surface area contributed by atoms with Crippen LogP contribution in [0.5, 0.6) is 0 Å². The summed E-state index contributed by atoms with van der Waals surface area (Å²) in [5.74, 6) is 0.630. The first-order valence-corrected chi connectivity index (χ1v) is 10.5. The second kappa shape index (κ2) is 9.13. The number of aromatic nitrogens is 2. The van der Waals surface area contributed by atoms with Gasteiger partial charge < -0.3 is 10.1 Å². The van der Waals surface area contributed by atoms with E-state index in [1.54, 1.807) is 0 Å². The van der Waals surface area contributed by atoms with E-state index in [2.05, 4.69) is 22.0 Å². The SMILES string of the molecule is O=c1[nH]c(CN(CCO)CCc2ccccc2)nc2sc(-c3ccccc3)cc12. The quantitative estimate of drug-likeness (QED) is 0.469. The van der Waals surface area contributed by atoms with Crippen LogP contribution in [0.1, 0.15) is 11.4 Å². The van der Waals surface area contributed by atoms with Crippen LogP contribution in [-0.2, 0) is 13.0 Å². The minimum Gasteiger partial charge on any atom is -0.395 e. The molecular weight excluding hydrogens is 382 g/mol. The van der Waals surface area contributed by atoms with Gasteiger partial charge in [-0.3, -0.25) is 9.69 Å². The molecule has 0 spiro atoms. The van der Waals surface area contributed by atoms with Crippen LogP contribution in [0.3, 0.4) is 0 Å². The number of H-pyrrole nitrogens is 1. The van der Waals surface area contributed by atoms with Crippen LogP contribution in [0.25, 0.3) is 20.7 Å². The Hall–Kier alpha value is -2.80. The van der Waals surface area contributed by atoms with Crippen molar-refractivity contribution < 1.29 is 5.11 Å². The Kier molecular flexibility index (Phi) is 6.14. The fraction of sp³-hybridized carbons (Fsp3) is 0.217. The van der Waals surface area contributed by atoms with Crippen molar-refractivity contribution in [1.82, 2.24) is 14.9 Å². The predicted octanol–water partition coefficient (Wildman–Crippen LogP) is 3.69. The Bertz CT molecular complexity index is 1120. The van der Waals surface area contributed by atoms with Crippen LogP contribution in [0, 0.1) is 0 Å². The largest absolute Gasteiger partial charge is 0.395 e. The van der Waals surface area contributed by atoms with E-state index >= 15 is 0 Å². The molecule has 0 saturated heterocycles. The summed E-state index contributed by atoms with van der Waals surface area (Å²) in [6.45, 7) is 1.88. The number of benzene rings is 2. The van der Waals surface area contributed by atoms with Crippen molar-refractivity contribution in [1.29, 1.82) is 0 Å². The topological polar surface area (TPSA) is 69.2 Å². The number of nitrogens with one attached hydrogen (secondary N) is 1. The van der Waals surface area contributed by atoms with Gasteiger partial charge in [0.15, 0.2) is 0 Å². The van der Waals surface area contributed by atoms with Crippen molar-refractivity contribution in [2.45, 2.75) is 13.0 Å². The van der Waals surface area contributed by atoms with Crippen LogP contribution in [0.4, 0.5) is 0 Å². The van der Waals surface area contributed by atoms with Gasteiger partial charge in [-0.2, -0.15) is 0 Å². The van der Waals surface area contributed by atoms with Crippen molar-refractivity contribution in [2.24, 2.45) is 0 Å². The van der Waals surface area contributed by atoms with E-state index in [0.717, 1.165) is 28.2 Å². The highest BCUT2D eigenvalue weighted by Gasteiger charge is 2.13. The maximum atomic E-state index is 12.6. The van der Waals surface area contributed by atoms with E-state index in [1.807, 2.05) is 54.6 Å². The van der Waals surface area contributed by atoms with Gasteiger partial charge in [-0.1, -0.05) is 60.7 Å². The zero-order chi connectivity index (χ0) is 20.1. The fourth-order valence-corrected chi connectivity index (χ4v) is 4.41. The lowest BCUT2D eigenvalue weighted by molar-refractivity contribution is 0.188. The molecule has 4 rings (SSSR count). The van der Waals surface area contributed by atoms with Crippen LogP contribution < -0.4 is 5.56 Å². The molecule has 6 heteroatoms. The van der Waals surface area contributed by atoms with E-state index in [4.69, 9.17) is 4.98 Å². The summed E-state index contributed by atoms with van der Waals surface area (Å²) in [5.41, 5.74) is 2.22. The average molecular weight is 406 g/mol. The second-order valence-electron chi connectivity index (χ2n) is 6.94. The molecule has 29 heavy (non-hydrogen) atoms. The van der Waals surface area contributed by atoms with Crippen molar-refractivity contribution in [3.63, 3.8) is 0 Å². The Morgan fingerprint density at radius 2 is 1.72 bits per heavy atom. The standard InChI is InChI=1S/C23H23N3O2S/c27-14-13-26(12-11-17-7-3-1-4-8-17)16-21-24-22(28)19-15-20(29-23(19)25-21)18-9-5-2-6-10-18/h1-10,15,27H,11-14,16H2,(H,24,25,28). The van der Waals surface area contributed by atoms with Gasteiger partial charge >= 0.3 is 0 Å². The van der Waals surface area contributed by atoms with Gasteiger partial charge in [-0.05, 0) is 23.6 Å². The van der Waals surface area contributed by atoms with Gasteiger partial charge in [0, 0.05) is 18.0 Å². The molecule has 2 heterocycles. The third-order valence-electron chi connectivity index (χ3n) is 4.86. The molecule has 0 bridgehead atoms. The van der Waals surface area contributed by atoms with E-state index in [0.29, 0.717) is 24.3 Å². The van der Waals surface area contributed by atoms with Crippen LogP contribution in [0.2, 0.25) is 0 Å². The smallest absolute Gasteiger partial charge is 0.259 e. The lowest BCUT2D eigenvalue weighted by Crippen LogP contribution is -2.30. The number of rotatable bonds is 8. The predicted molar refractivity (Wildman–Crippen MR) is 118 cm³/mol. The molecule has 0 amide bonds. The molecule has 5 nitrogen and oxygen atoms in total. The lowest BCUT2D eigenvalue weighted by Gasteiger charge is -2.20. The molecule has 0 unspecified atom stereocenters. The molecule has 0 aliphatic rings. The molecule has 0 atom stereocenters. The molecule has 0 radical (unpaired) electrons. The van der Waals surface area contributed by atoms with E-state index in [9.17, 15) is 9.90 Å². The third kappa shape index (κ3) is 4.79. The van der Waals surface area contributed by atoms with Gasteiger partial charge in [0.25, 0.3) is 5.56 Å². The Morgan fingerprint density at radius 3 is 2.45 bits per heavy atom. The third-order valence-corrected chi connectivity index (χ3v) is 5.94. The molecule has 0 aliphatic carbocycles. The first kappa shape index (κ1) is 19.5. The molecule has 0 saturated carbocycles. The molecule has 0 fully saturated rings. The molecular formula is C23H23N3O2S. The van der Waals surface area contributed by atoms with E-state index in [-0.39, 0.29) is 12.2 Å². The monoisotopic (exact) mass is 405 g/mol. The summed E-state index contributed by atoms with van der Waals surface area (Å²) < 4.78 is 0. The number of hydrogen-bond acceptors (Lipinski definition) is 5. The molecule has 0 aliphatic heterocycles. The summed E-state index contributed by atoms with van der Waals surface area (Å²) in [7, 11) is 0. The highest BCUT2D eigenvalue weighted by molar-refractivity contribution is 7.21. The zero-order valence-electron chi connectivity index (χ0n) is 16.0. The van der Waals surface area contributed by atoms with E-state index < -0.39 is 0 Å². The fourth-order valence-electron chi connectivity index (χ4n) is 3.35. The highest BCUT2D eigenvalue weighted by Crippen LogP contribution is 2.30. The summed E-state index contributed by atoms with van der Waals surface area (Å²) in [5, 5.41) is 10.1. The van der Waals surface area contributed by atoms with Gasteiger partial charge in [0.2, 0.25) is 0 Å². The minimum absolute atomic E-state index is 0.0679. The van der Waals surface area contributed by atoms with Crippen LogP contribution >= 0.6 is 11.3 Å². The molecule has 2 aromatic carbocycles. The van der Waals surface area contributed by atoms with Crippen LogP contribution in [0.15, 0.2) is 71.5 Å². The van der Waals surface area contributed by atoms with Gasteiger partial charge in [-0.25, -0.2) is 4.98 Å². The molecule has 2 N–H and O–H groups in total. The minimum atomic E-state index is -0.115. The number of nitrogens with zero attached hydrogens (tertiary/aromatic N) is 2. The highest BCUT2D eigenvalue weighted by atomic mass is 32.1. The molecule has 2 aromatic heterocycles. The number of aromatic amines is 1. The van der Waals surface area contributed by atoms with Gasteiger partial charge in [0.05, 0.1) is 18.5 Å². The number of thiophene rings is 1. The summed E-state index contributed by atoms with van der Waals surface area (Å²) in [6, 6.07) is 22.2. The van der Waals surface area contributed by atoms with Crippen molar-refractivity contribution >= 4 is 21.6 Å². The van der Waals surface area contributed by atoms with Crippen molar-refractivity contribution in [3.8, 4) is 10.4 Å². The number of aliphatic hydroxyl groups is 1. The van der Waals surface area contributed by atoms with Crippen LogP contribution in [-0.4, -0.2) is 39.7 Å². The first-order valence-electron chi connectivity index (χ1n) is 9.68. The number of hydrogen-bond donors (Lipinski definition) is 2. The zero-order valence-corrected chi connectivity index (χ0v) is 16.9. The van der Waals surface area contributed by atoms with Gasteiger partial charge in [-0.15, -0.1) is 11.3 Å². The second-order valence-corrected chi connectivity index (χ2v) is 7.97. The van der Waals surface area contributed by atoms with E-state index in [1.165, 1.54) is 16.9 Å². The first-order chi connectivity index (χ1) is 14.2. The normalized spacial score (nSPS) is 11.4. The van der Waals surface area contributed by atoms with Crippen molar-refractivity contribution in [3.05, 3.63) is 88.5 Å². The Labute approximate surface area is 173 Å². The van der Waals surface area contributed by atoms with Crippen molar-refractivity contribution in [2.75, 3.05) is 19.7 Å². The summed E-state index contributed by atoms with van der Waals surface area (Å²) in [6.07, 6.45) is 0.879. The summed E-state index contributed by atoms with van der Waals surface area (Å²) in [4.78, 5) is 24.1. The Morgan fingerprint density at radius 1 is 1.00 bits per heavy atom. The number of fused-ring (bicyclic) bond motifs is 1. The maximum absolute atomic E-state index is 12.6. The summed E-state index contributed by atoms with van der Waals surface area (Å²) >= 11 is 1.53. The number of aliphatic hydroxyl groups excluding tert-OH is 1. The average Bonchev–Trinajstić information content (AvgIpc) is 3.18. The maximum Gasteiger partial charge on any atom is 0.259 e. The molecule has 148 valence electrons. The Balaban J connectivity index is 1.55. The lowest BCUT2D eigenvalue weighted by atomic mass is 10.1. The van der Waals surface area contributed by atoms with Gasteiger partial charge in [0.1, 0.15) is 10.7 Å². The molecule has 4 aromatic rings.